The van der Waals surface area contributed by atoms with Crippen molar-refractivity contribution in [2.45, 2.75) is 25.7 Å². The van der Waals surface area contributed by atoms with E-state index in [4.69, 9.17) is 4.74 Å². The van der Waals surface area contributed by atoms with Gasteiger partial charge in [-0.15, -0.1) is 0 Å². The van der Waals surface area contributed by atoms with Crippen molar-refractivity contribution in [2.24, 2.45) is 5.92 Å². The van der Waals surface area contributed by atoms with Gasteiger partial charge in [0.2, 0.25) is 0 Å². The molecule has 0 fully saturated rings. The van der Waals surface area contributed by atoms with Crippen LogP contribution >= 0.6 is 31.9 Å². The topological polar surface area (TPSA) is 29.5 Å². The molecule has 0 aliphatic carbocycles. The van der Waals surface area contributed by atoms with Crippen molar-refractivity contribution < 1.29 is 9.84 Å². The Labute approximate surface area is 195 Å². The van der Waals surface area contributed by atoms with Crippen molar-refractivity contribution in [2.75, 3.05) is 7.11 Å². The van der Waals surface area contributed by atoms with E-state index in [0.717, 1.165) is 38.7 Å². The van der Waals surface area contributed by atoms with Crippen LogP contribution in [0.4, 0.5) is 0 Å². The van der Waals surface area contributed by atoms with Gasteiger partial charge in [0.25, 0.3) is 0 Å². The Balaban J connectivity index is 1.83. The SMILES string of the molecule is COc1ccc(Br)cc1/C=C/[C@H](CC(C)Cc1cc(Br)ccc1O)c1ccccc1. The summed E-state index contributed by atoms with van der Waals surface area (Å²) in [5.74, 6) is 1.87. The lowest BCUT2D eigenvalue weighted by Crippen LogP contribution is -2.06. The molecule has 0 radical (unpaired) electrons. The number of phenolic OH excluding ortho intramolecular Hbond substituents is 1. The highest BCUT2D eigenvalue weighted by molar-refractivity contribution is 9.10. The van der Waals surface area contributed by atoms with Gasteiger partial charge in [-0.25, -0.2) is 0 Å². The Bertz CT molecular complexity index is 999. The molecule has 0 aromatic heterocycles. The predicted octanol–water partition coefficient (Wildman–Crippen LogP) is 7.99. The molecule has 3 aromatic rings. The second-order valence-corrected chi connectivity index (χ2v) is 9.41. The van der Waals surface area contributed by atoms with Crippen molar-refractivity contribution >= 4 is 37.9 Å². The van der Waals surface area contributed by atoms with Gasteiger partial charge < -0.3 is 9.84 Å². The number of hydrogen-bond donors (Lipinski definition) is 1. The average Bonchev–Trinajstić information content (AvgIpc) is 2.74. The van der Waals surface area contributed by atoms with Crippen LogP contribution in [0.1, 0.15) is 36.0 Å². The molecule has 0 saturated heterocycles. The average molecular weight is 530 g/mol. The van der Waals surface area contributed by atoms with Crippen molar-refractivity contribution in [3.63, 3.8) is 0 Å². The quantitative estimate of drug-likeness (QED) is 0.320. The Morgan fingerprint density at radius 1 is 0.967 bits per heavy atom. The van der Waals surface area contributed by atoms with E-state index in [1.165, 1.54) is 5.56 Å². The molecule has 3 rings (SSSR count). The van der Waals surface area contributed by atoms with Crippen LogP contribution in [0.25, 0.3) is 6.08 Å². The summed E-state index contributed by atoms with van der Waals surface area (Å²) in [5.41, 5.74) is 3.31. The zero-order valence-corrected chi connectivity index (χ0v) is 20.4. The molecule has 4 heteroatoms. The highest BCUT2D eigenvalue weighted by Gasteiger charge is 2.15. The zero-order valence-electron chi connectivity index (χ0n) is 17.2. The van der Waals surface area contributed by atoms with E-state index in [9.17, 15) is 5.11 Å². The number of hydrogen-bond acceptors (Lipinski definition) is 2. The Kier molecular flexibility index (Phi) is 8.17. The first-order chi connectivity index (χ1) is 14.5. The molecule has 156 valence electrons. The van der Waals surface area contributed by atoms with Gasteiger partial charge in [0, 0.05) is 20.4 Å². The lowest BCUT2D eigenvalue weighted by Gasteiger charge is -2.20. The number of allylic oxidation sites excluding steroid dienone is 1. The van der Waals surface area contributed by atoms with Crippen molar-refractivity contribution in [1.29, 1.82) is 0 Å². The normalized spacial score (nSPS) is 13.3. The zero-order chi connectivity index (χ0) is 21.5. The van der Waals surface area contributed by atoms with Crippen LogP contribution in [0.3, 0.4) is 0 Å². The fourth-order valence-electron chi connectivity index (χ4n) is 3.69. The van der Waals surface area contributed by atoms with Crippen molar-refractivity contribution in [1.82, 2.24) is 0 Å². The van der Waals surface area contributed by atoms with Gasteiger partial charge in [-0.2, -0.15) is 0 Å². The summed E-state index contributed by atoms with van der Waals surface area (Å²) in [5, 5.41) is 10.2. The van der Waals surface area contributed by atoms with Crippen LogP contribution in [0.2, 0.25) is 0 Å². The Morgan fingerprint density at radius 3 is 2.40 bits per heavy atom. The molecule has 0 spiro atoms. The van der Waals surface area contributed by atoms with Gasteiger partial charge >= 0.3 is 0 Å². The number of benzene rings is 3. The lowest BCUT2D eigenvalue weighted by atomic mass is 9.86. The van der Waals surface area contributed by atoms with Gasteiger partial charge in [0.15, 0.2) is 0 Å². The molecule has 3 aromatic carbocycles. The molecule has 2 atom stereocenters. The van der Waals surface area contributed by atoms with Crippen LogP contribution in [0.15, 0.2) is 81.8 Å². The van der Waals surface area contributed by atoms with Crippen molar-refractivity contribution in [3.05, 3.63) is 98.4 Å². The van der Waals surface area contributed by atoms with Crippen LogP contribution < -0.4 is 4.74 Å². The lowest BCUT2D eigenvalue weighted by molar-refractivity contribution is 0.413. The fraction of sp³-hybridized carbons (Fsp3) is 0.231. The second-order valence-electron chi connectivity index (χ2n) is 7.58. The third kappa shape index (κ3) is 6.23. The molecule has 1 N–H and O–H groups in total. The largest absolute Gasteiger partial charge is 0.508 e. The highest BCUT2D eigenvalue weighted by atomic mass is 79.9. The summed E-state index contributed by atoms with van der Waals surface area (Å²) in [6, 6.07) is 22.2. The molecule has 0 amide bonds. The summed E-state index contributed by atoms with van der Waals surface area (Å²) in [4.78, 5) is 0. The number of ether oxygens (including phenoxy) is 1. The number of halogens is 2. The molecule has 30 heavy (non-hydrogen) atoms. The maximum atomic E-state index is 10.2. The molecule has 0 aliphatic heterocycles. The number of aromatic hydroxyl groups is 1. The summed E-state index contributed by atoms with van der Waals surface area (Å²) in [6.07, 6.45) is 6.20. The molecule has 0 bridgehead atoms. The van der Waals surface area contributed by atoms with Crippen molar-refractivity contribution in [3.8, 4) is 11.5 Å². The summed E-state index contributed by atoms with van der Waals surface area (Å²) in [6.45, 7) is 2.24. The summed E-state index contributed by atoms with van der Waals surface area (Å²) in [7, 11) is 1.70. The summed E-state index contributed by atoms with van der Waals surface area (Å²) < 4.78 is 7.53. The van der Waals surface area contributed by atoms with E-state index < -0.39 is 0 Å². The maximum absolute atomic E-state index is 10.2. The molecule has 0 aliphatic rings. The molecule has 0 heterocycles. The van der Waals surface area contributed by atoms with E-state index in [1.807, 2.05) is 30.3 Å². The predicted molar refractivity (Wildman–Crippen MR) is 132 cm³/mol. The van der Waals surface area contributed by atoms with E-state index in [0.29, 0.717) is 11.7 Å². The Morgan fingerprint density at radius 2 is 1.67 bits per heavy atom. The first-order valence-corrected chi connectivity index (χ1v) is 11.6. The van der Waals surface area contributed by atoms with E-state index in [2.05, 4.69) is 81.3 Å². The number of methoxy groups -OCH3 is 1. The van der Waals surface area contributed by atoms with Crippen LogP contribution in [0, 0.1) is 5.92 Å². The monoisotopic (exact) mass is 528 g/mol. The molecule has 0 saturated carbocycles. The molecule has 2 nitrogen and oxygen atoms in total. The van der Waals surface area contributed by atoms with Crippen LogP contribution in [-0.4, -0.2) is 12.2 Å². The minimum absolute atomic E-state index is 0.263. The van der Waals surface area contributed by atoms with E-state index >= 15 is 0 Å². The number of phenols is 1. The first kappa shape index (κ1) is 22.6. The van der Waals surface area contributed by atoms with Gasteiger partial charge in [-0.05, 0) is 66.3 Å². The smallest absolute Gasteiger partial charge is 0.126 e. The molecular formula is C26H26Br2O2. The third-order valence-electron chi connectivity index (χ3n) is 5.19. The fourth-order valence-corrected chi connectivity index (χ4v) is 4.48. The highest BCUT2D eigenvalue weighted by Crippen LogP contribution is 2.32. The number of rotatable bonds is 8. The minimum atomic E-state index is 0.263. The minimum Gasteiger partial charge on any atom is -0.508 e. The maximum Gasteiger partial charge on any atom is 0.126 e. The molecule has 1 unspecified atom stereocenters. The van der Waals surface area contributed by atoms with E-state index in [-0.39, 0.29) is 5.92 Å². The summed E-state index contributed by atoms with van der Waals surface area (Å²) >= 11 is 7.06. The molecular weight excluding hydrogens is 504 g/mol. The first-order valence-electron chi connectivity index (χ1n) is 10.0. The van der Waals surface area contributed by atoms with Crippen LogP contribution in [-0.2, 0) is 6.42 Å². The Hall–Kier alpha value is -2.04. The van der Waals surface area contributed by atoms with E-state index in [1.54, 1.807) is 13.2 Å². The van der Waals surface area contributed by atoms with Gasteiger partial charge in [0.1, 0.15) is 11.5 Å². The van der Waals surface area contributed by atoms with Gasteiger partial charge in [-0.1, -0.05) is 81.3 Å². The standard InChI is InChI=1S/C26H26Br2O2/c1-18(15-22-17-23(27)10-12-25(22)29)14-20(19-6-4-3-5-7-19)8-9-21-16-24(28)11-13-26(21)30-2/h3-13,16-18,20,29H,14-15H2,1-2H3/b9-8+/t18?,20-/m1/s1. The van der Waals surface area contributed by atoms with Gasteiger partial charge in [-0.3, -0.25) is 0 Å². The van der Waals surface area contributed by atoms with Crippen LogP contribution in [0.5, 0.6) is 11.5 Å². The van der Waals surface area contributed by atoms with Gasteiger partial charge in [0.05, 0.1) is 7.11 Å². The third-order valence-corrected chi connectivity index (χ3v) is 6.18. The second kappa shape index (κ2) is 10.8.